The zero-order valence-corrected chi connectivity index (χ0v) is 21.0. The number of hydrogen-bond acceptors (Lipinski definition) is 3. The number of likely N-dealkylation sites (tertiary alicyclic amines) is 1. The summed E-state index contributed by atoms with van der Waals surface area (Å²) in [6, 6.07) is 11.8. The number of phenols is 1. The van der Waals surface area contributed by atoms with Crippen molar-refractivity contribution in [2.75, 3.05) is 18.4 Å². The SMILES string of the molecule is Cc1ccc(O)c(C(=O)N2CCC(c3ccc(NC(=O)c4cn(C(C)C)cc4C(F)(F)F)cc3)CC2)c1. The number of nitrogens with one attached hydrogen (secondary N) is 1. The van der Waals surface area contributed by atoms with E-state index in [1.54, 1.807) is 43.0 Å². The third-order valence-corrected chi connectivity index (χ3v) is 6.80. The van der Waals surface area contributed by atoms with Crippen molar-refractivity contribution in [2.24, 2.45) is 0 Å². The molecule has 0 unspecified atom stereocenters. The molecular weight excluding hydrogens is 483 g/mol. The standard InChI is InChI=1S/C28H30F3N3O3/c1-17(2)34-15-23(24(16-34)28(29,30)31)26(36)32-21-7-5-19(6-8-21)20-10-12-33(13-11-20)27(37)22-14-18(3)4-9-25(22)35/h4-9,14-17,20,35H,10-13H2,1-3H3,(H,32,36). The largest absolute Gasteiger partial charge is 0.507 e. The summed E-state index contributed by atoms with van der Waals surface area (Å²) in [6.45, 7) is 6.44. The molecule has 1 aromatic heterocycles. The Hall–Kier alpha value is -3.75. The zero-order chi connectivity index (χ0) is 26.9. The molecule has 2 heterocycles. The molecule has 0 aliphatic carbocycles. The maximum absolute atomic E-state index is 13.5. The van der Waals surface area contributed by atoms with Crippen molar-refractivity contribution >= 4 is 17.5 Å². The quantitative estimate of drug-likeness (QED) is 0.416. The van der Waals surface area contributed by atoms with Crippen LogP contribution in [0.1, 0.15) is 76.1 Å². The van der Waals surface area contributed by atoms with Crippen molar-refractivity contribution in [1.29, 1.82) is 0 Å². The van der Waals surface area contributed by atoms with Crippen LogP contribution in [0.5, 0.6) is 5.75 Å². The van der Waals surface area contributed by atoms with Crippen LogP contribution in [0, 0.1) is 6.92 Å². The molecule has 0 saturated carbocycles. The molecule has 196 valence electrons. The number of aromatic hydroxyl groups is 1. The van der Waals surface area contributed by atoms with Crippen molar-refractivity contribution in [1.82, 2.24) is 9.47 Å². The summed E-state index contributed by atoms with van der Waals surface area (Å²) in [5.74, 6) is -0.830. The van der Waals surface area contributed by atoms with E-state index in [9.17, 15) is 27.9 Å². The number of alkyl halides is 3. The number of phenolic OH excluding ortho intramolecular Hbond substituents is 1. The van der Waals surface area contributed by atoms with E-state index in [-0.39, 0.29) is 23.6 Å². The van der Waals surface area contributed by atoms with Crippen molar-refractivity contribution in [3.05, 3.63) is 82.7 Å². The zero-order valence-electron chi connectivity index (χ0n) is 21.0. The van der Waals surface area contributed by atoms with E-state index in [2.05, 4.69) is 5.32 Å². The number of halogens is 3. The number of anilines is 1. The summed E-state index contributed by atoms with van der Waals surface area (Å²) in [7, 11) is 0. The second kappa shape index (κ2) is 10.3. The summed E-state index contributed by atoms with van der Waals surface area (Å²) in [5.41, 5.74) is 1.26. The smallest absolute Gasteiger partial charge is 0.418 e. The Morgan fingerprint density at radius 2 is 1.65 bits per heavy atom. The molecule has 9 heteroatoms. The molecule has 2 N–H and O–H groups in total. The van der Waals surface area contributed by atoms with Gasteiger partial charge >= 0.3 is 6.18 Å². The lowest BCUT2D eigenvalue weighted by Crippen LogP contribution is -2.38. The van der Waals surface area contributed by atoms with Crippen molar-refractivity contribution < 1.29 is 27.9 Å². The maximum atomic E-state index is 13.5. The fraction of sp³-hybridized carbons (Fsp3) is 0.357. The Morgan fingerprint density at radius 1 is 1.00 bits per heavy atom. The predicted octanol–water partition coefficient (Wildman–Crippen LogP) is 6.37. The molecule has 6 nitrogen and oxygen atoms in total. The summed E-state index contributed by atoms with van der Waals surface area (Å²) in [5, 5.41) is 12.6. The van der Waals surface area contributed by atoms with E-state index in [0.29, 0.717) is 24.3 Å². The number of aryl methyl sites for hydroxylation is 1. The first-order chi connectivity index (χ1) is 17.4. The van der Waals surface area contributed by atoms with Gasteiger partial charge in [-0.05, 0) is 69.4 Å². The average molecular weight is 514 g/mol. The first kappa shape index (κ1) is 26.3. The number of piperidine rings is 1. The molecule has 3 aromatic rings. The molecule has 0 bridgehead atoms. The van der Waals surface area contributed by atoms with Crippen LogP contribution in [0.25, 0.3) is 0 Å². The van der Waals surface area contributed by atoms with Gasteiger partial charge in [-0.15, -0.1) is 0 Å². The lowest BCUT2D eigenvalue weighted by molar-refractivity contribution is -0.137. The Labute approximate surface area is 213 Å². The lowest BCUT2D eigenvalue weighted by atomic mass is 9.89. The minimum absolute atomic E-state index is 0.0292. The van der Waals surface area contributed by atoms with Crippen LogP contribution in [0.2, 0.25) is 0 Å². The minimum atomic E-state index is -4.63. The molecule has 0 atom stereocenters. The Bertz CT molecular complexity index is 1290. The number of amides is 2. The highest BCUT2D eigenvalue weighted by Crippen LogP contribution is 2.34. The Kier molecular flexibility index (Phi) is 7.34. The van der Waals surface area contributed by atoms with Gasteiger partial charge in [-0.25, -0.2) is 0 Å². The van der Waals surface area contributed by atoms with Gasteiger partial charge in [0.25, 0.3) is 11.8 Å². The molecule has 0 spiro atoms. The third kappa shape index (κ3) is 5.81. The maximum Gasteiger partial charge on any atom is 0.418 e. The van der Waals surface area contributed by atoms with Gasteiger partial charge < -0.3 is 19.9 Å². The number of carbonyl (C=O) groups excluding carboxylic acids is 2. The normalized spacial score (nSPS) is 14.7. The monoisotopic (exact) mass is 513 g/mol. The molecular formula is C28H30F3N3O3. The average Bonchev–Trinajstić information content (AvgIpc) is 3.33. The van der Waals surface area contributed by atoms with Crippen molar-refractivity contribution in [3.63, 3.8) is 0 Å². The van der Waals surface area contributed by atoms with E-state index in [1.165, 1.54) is 16.8 Å². The molecule has 0 radical (unpaired) electrons. The van der Waals surface area contributed by atoms with E-state index in [1.807, 2.05) is 19.1 Å². The number of aromatic nitrogens is 1. The molecule has 37 heavy (non-hydrogen) atoms. The van der Waals surface area contributed by atoms with Crippen LogP contribution in [0.15, 0.2) is 54.9 Å². The first-order valence-electron chi connectivity index (χ1n) is 12.2. The van der Waals surface area contributed by atoms with Crippen molar-refractivity contribution in [2.45, 2.75) is 51.7 Å². The highest BCUT2D eigenvalue weighted by atomic mass is 19.4. The predicted molar refractivity (Wildman–Crippen MR) is 135 cm³/mol. The highest BCUT2D eigenvalue weighted by Gasteiger charge is 2.37. The summed E-state index contributed by atoms with van der Waals surface area (Å²) in [4.78, 5) is 27.3. The Morgan fingerprint density at radius 3 is 2.24 bits per heavy atom. The summed E-state index contributed by atoms with van der Waals surface area (Å²) < 4.78 is 41.8. The lowest BCUT2D eigenvalue weighted by Gasteiger charge is -2.32. The number of rotatable bonds is 5. The van der Waals surface area contributed by atoms with E-state index >= 15 is 0 Å². The van der Waals surface area contributed by atoms with E-state index in [0.717, 1.165) is 30.2 Å². The van der Waals surface area contributed by atoms with Gasteiger partial charge in [0.05, 0.1) is 16.7 Å². The van der Waals surface area contributed by atoms with Crippen LogP contribution in [-0.2, 0) is 6.18 Å². The van der Waals surface area contributed by atoms with Crippen LogP contribution < -0.4 is 5.32 Å². The second-order valence-corrected chi connectivity index (χ2v) is 9.79. The third-order valence-electron chi connectivity index (χ3n) is 6.80. The Balaban J connectivity index is 1.39. The fourth-order valence-electron chi connectivity index (χ4n) is 4.62. The van der Waals surface area contributed by atoms with Gasteiger partial charge in [0.2, 0.25) is 0 Å². The highest BCUT2D eigenvalue weighted by molar-refractivity contribution is 6.05. The summed E-state index contributed by atoms with van der Waals surface area (Å²) in [6.07, 6.45) is -0.975. The molecule has 1 aliphatic rings. The molecule has 2 aromatic carbocycles. The molecule has 2 amide bonds. The fourth-order valence-corrected chi connectivity index (χ4v) is 4.62. The van der Waals surface area contributed by atoms with Gasteiger partial charge in [-0.3, -0.25) is 9.59 Å². The number of carbonyl (C=O) groups is 2. The van der Waals surface area contributed by atoms with Gasteiger partial charge in [-0.1, -0.05) is 23.8 Å². The number of hydrogen-bond donors (Lipinski definition) is 2. The number of nitrogens with zero attached hydrogens (tertiary/aromatic N) is 2. The van der Waals surface area contributed by atoms with Crippen LogP contribution in [-0.4, -0.2) is 39.5 Å². The van der Waals surface area contributed by atoms with Crippen LogP contribution >= 0.6 is 0 Å². The molecule has 1 fully saturated rings. The first-order valence-corrected chi connectivity index (χ1v) is 12.2. The van der Waals surface area contributed by atoms with Gasteiger partial charge in [0, 0.05) is 37.2 Å². The van der Waals surface area contributed by atoms with E-state index in [4.69, 9.17) is 0 Å². The topological polar surface area (TPSA) is 74.6 Å². The molecule has 1 aliphatic heterocycles. The van der Waals surface area contributed by atoms with Gasteiger partial charge in [-0.2, -0.15) is 13.2 Å². The van der Waals surface area contributed by atoms with Crippen molar-refractivity contribution in [3.8, 4) is 5.75 Å². The molecule has 4 rings (SSSR count). The van der Waals surface area contributed by atoms with Crippen LogP contribution in [0.4, 0.5) is 18.9 Å². The van der Waals surface area contributed by atoms with Gasteiger partial charge in [0.1, 0.15) is 5.75 Å². The minimum Gasteiger partial charge on any atom is -0.507 e. The number of benzene rings is 2. The van der Waals surface area contributed by atoms with E-state index < -0.39 is 23.2 Å². The summed E-state index contributed by atoms with van der Waals surface area (Å²) >= 11 is 0. The van der Waals surface area contributed by atoms with Gasteiger partial charge in [0.15, 0.2) is 0 Å². The second-order valence-electron chi connectivity index (χ2n) is 9.79. The van der Waals surface area contributed by atoms with Crippen LogP contribution in [0.3, 0.4) is 0 Å². The molecule has 1 saturated heterocycles.